The quantitative estimate of drug-likeness (QED) is 0.824. The SMILES string of the molecule is CC(C)c1csc(NC(=O)c2ccc(I)cc2)n1. The first-order valence-corrected chi connectivity index (χ1v) is 7.54. The second kappa shape index (κ2) is 5.79. The molecule has 1 heterocycles. The minimum absolute atomic E-state index is 0.115. The van der Waals surface area contributed by atoms with Gasteiger partial charge in [0.05, 0.1) is 5.69 Å². The molecule has 1 aromatic carbocycles. The Balaban J connectivity index is 2.08. The number of hydrogen-bond acceptors (Lipinski definition) is 3. The summed E-state index contributed by atoms with van der Waals surface area (Å²) in [5.41, 5.74) is 1.66. The molecule has 0 fully saturated rings. The second-order valence-electron chi connectivity index (χ2n) is 4.19. The van der Waals surface area contributed by atoms with E-state index in [0.29, 0.717) is 16.6 Å². The summed E-state index contributed by atoms with van der Waals surface area (Å²) in [6.07, 6.45) is 0. The molecule has 1 amide bonds. The number of carbonyl (C=O) groups excluding carboxylic acids is 1. The molecule has 18 heavy (non-hydrogen) atoms. The number of anilines is 1. The van der Waals surface area contributed by atoms with Crippen molar-refractivity contribution in [3.05, 3.63) is 44.5 Å². The molecule has 0 atom stereocenters. The fraction of sp³-hybridized carbons (Fsp3) is 0.231. The molecule has 0 saturated heterocycles. The highest BCUT2D eigenvalue weighted by atomic mass is 127. The molecule has 0 aliphatic rings. The van der Waals surface area contributed by atoms with E-state index in [1.165, 1.54) is 11.3 Å². The number of hydrogen-bond donors (Lipinski definition) is 1. The summed E-state index contributed by atoms with van der Waals surface area (Å²) < 4.78 is 1.11. The van der Waals surface area contributed by atoms with Crippen molar-refractivity contribution in [3.8, 4) is 0 Å². The van der Waals surface area contributed by atoms with Crippen molar-refractivity contribution in [1.82, 2.24) is 4.98 Å². The molecule has 3 nitrogen and oxygen atoms in total. The summed E-state index contributed by atoms with van der Waals surface area (Å²) >= 11 is 3.67. The number of rotatable bonds is 3. The molecule has 2 rings (SSSR count). The summed E-state index contributed by atoms with van der Waals surface area (Å²) in [4.78, 5) is 16.3. The smallest absolute Gasteiger partial charge is 0.257 e. The molecule has 5 heteroatoms. The van der Waals surface area contributed by atoms with Gasteiger partial charge in [0.25, 0.3) is 5.91 Å². The fourth-order valence-corrected chi connectivity index (χ4v) is 2.61. The maximum atomic E-state index is 12.0. The molecular weight excluding hydrogens is 359 g/mol. The largest absolute Gasteiger partial charge is 0.298 e. The molecule has 0 unspecified atom stereocenters. The van der Waals surface area contributed by atoms with Crippen LogP contribution in [0, 0.1) is 3.57 Å². The molecule has 0 saturated carbocycles. The number of nitrogens with one attached hydrogen (secondary N) is 1. The minimum atomic E-state index is -0.115. The van der Waals surface area contributed by atoms with Crippen molar-refractivity contribution in [2.75, 3.05) is 5.32 Å². The molecule has 1 aromatic heterocycles. The van der Waals surface area contributed by atoms with Crippen LogP contribution in [-0.2, 0) is 0 Å². The highest BCUT2D eigenvalue weighted by Crippen LogP contribution is 2.22. The first kappa shape index (κ1) is 13.5. The van der Waals surface area contributed by atoms with Gasteiger partial charge in [-0.1, -0.05) is 13.8 Å². The Morgan fingerprint density at radius 1 is 1.33 bits per heavy atom. The second-order valence-corrected chi connectivity index (χ2v) is 6.30. The van der Waals surface area contributed by atoms with Gasteiger partial charge in [-0.25, -0.2) is 4.98 Å². The topological polar surface area (TPSA) is 42.0 Å². The van der Waals surface area contributed by atoms with Crippen molar-refractivity contribution in [1.29, 1.82) is 0 Å². The van der Waals surface area contributed by atoms with Crippen LogP contribution in [0.2, 0.25) is 0 Å². The van der Waals surface area contributed by atoms with Crippen LogP contribution in [0.15, 0.2) is 29.6 Å². The molecule has 0 aliphatic carbocycles. The highest BCUT2D eigenvalue weighted by Gasteiger charge is 2.10. The predicted molar refractivity (Wildman–Crippen MR) is 83.3 cm³/mol. The van der Waals surface area contributed by atoms with Crippen LogP contribution in [0.5, 0.6) is 0 Å². The van der Waals surface area contributed by atoms with E-state index in [1.54, 1.807) is 0 Å². The van der Waals surface area contributed by atoms with E-state index >= 15 is 0 Å². The third kappa shape index (κ3) is 3.29. The third-order valence-corrected chi connectivity index (χ3v) is 3.94. The number of thiazole rings is 1. The van der Waals surface area contributed by atoms with Crippen LogP contribution >= 0.6 is 33.9 Å². The fourth-order valence-electron chi connectivity index (χ4n) is 1.38. The van der Waals surface area contributed by atoms with E-state index in [1.807, 2.05) is 29.6 Å². The van der Waals surface area contributed by atoms with Crippen molar-refractivity contribution in [3.63, 3.8) is 0 Å². The van der Waals surface area contributed by atoms with Gasteiger partial charge < -0.3 is 0 Å². The average Bonchev–Trinajstić information content (AvgIpc) is 2.78. The zero-order valence-corrected chi connectivity index (χ0v) is 13.1. The number of halogens is 1. The van der Waals surface area contributed by atoms with Gasteiger partial charge in [0.2, 0.25) is 0 Å². The van der Waals surface area contributed by atoms with Gasteiger partial charge in [0.15, 0.2) is 5.13 Å². The van der Waals surface area contributed by atoms with Crippen LogP contribution < -0.4 is 5.32 Å². The van der Waals surface area contributed by atoms with Crippen molar-refractivity contribution >= 4 is 45.0 Å². The number of benzene rings is 1. The van der Waals surface area contributed by atoms with Gasteiger partial charge in [-0.05, 0) is 52.8 Å². The molecule has 0 bridgehead atoms. The van der Waals surface area contributed by atoms with Gasteiger partial charge in [-0.3, -0.25) is 10.1 Å². The van der Waals surface area contributed by atoms with Crippen LogP contribution in [-0.4, -0.2) is 10.9 Å². The molecule has 0 spiro atoms. The van der Waals surface area contributed by atoms with Crippen LogP contribution in [0.25, 0.3) is 0 Å². The molecule has 0 aliphatic heterocycles. The van der Waals surface area contributed by atoms with Gasteiger partial charge in [0, 0.05) is 14.5 Å². The van der Waals surface area contributed by atoms with Crippen LogP contribution in [0.4, 0.5) is 5.13 Å². The number of nitrogens with zero attached hydrogens (tertiary/aromatic N) is 1. The van der Waals surface area contributed by atoms with E-state index in [0.717, 1.165) is 9.26 Å². The lowest BCUT2D eigenvalue weighted by atomic mass is 10.2. The number of amides is 1. The normalized spacial score (nSPS) is 10.7. The Kier molecular flexibility index (Phi) is 4.34. The standard InChI is InChI=1S/C13H13IN2OS/c1-8(2)11-7-18-13(15-11)16-12(17)9-3-5-10(14)6-4-9/h3-8H,1-2H3,(H,15,16,17). The summed E-state index contributed by atoms with van der Waals surface area (Å²) in [6.45, 7) is 4.17. The maximum absolute atomic E-state index is 12.0. The van der Waals surface area contributed by atoms with Gasteiger partial charge in [-0.2, -0.15) is 0 Å². The van der Waals surface area contributed by atoms with Gasteiger partial charge >= 0.3 is 0 Å². The Hall–Kier alpha value is -0.950. The van der Waals surface area contributed by atoms with Crippen LogP contribution in [0.1, 0.15) is 35.8 Å². The first-order valence-electron chi connectivity index (χ1n) is 5.58. The molecular formula is C13H13IN2OS. The van der Waals surface area contributed by atoms with E-state index in [4.69, 9.17) is 0 Å². The minimum Gasteiger partial charge on any atom is -0.298 e. The van der Waals surface area contributed by atoms with Gasteiger partial charge in [0.1, 0.15) is 0 Å². The number of carbonyl (C=O) groups is 1. The van der Waals surface area contributed by atoms with Crippen LogP contribution in [0.3, 0.4) is 0 Å². The summed E-state index contributed by atoms with van der Waals surface area (Å²) in [5.74, 6) is 0.265. The average molecular weight is 372 g/mol. The number of aromatic nitrogens is 1. The van der Waals surface area contributed by atoms with Gasteiger partial charge in [-0.15, -0.1) is 11.3 Å². The van der Waals surface area contributed by atoms with E-state index in [2.05, 4.69) is 46.7 Å². The van der Waals surface area contributed by atoms with Crippen molar-refractivity contribution in [2.24, 2.45) is 0 Å². The summed E-state index contributed by atoms with van der Waals surface area (Å²) in [6, 6.07) is 7.45. The summed E-state index contributed by atoms with van der Waals surface area (Å²) in [5, 5.41) is 5.45. The Morgan fingerprint density at radius 2 is 2.00 bits per heavy atom. The Labute approximate surface area is 124 Å². The molecule has 2 aromatic rings. The monoisotopic (exact) mass is 372 g/mol. The highest BCUT2D eigenvalue weighted by molar-refractivity contribution is 14.1. The zero-order valence-electron chi connectivity index (χ0n) is 10.1. The van der Waals surface area contributed by atoms with E-state index < -0.39 is 0 Å². The lowest BCUT2D eigenvalue weighted by Crippen LogP contribution is -2.11. The van der Waals surface area contributed by atoms with E-state index in [9.17, 15) is 4.79 Å². The predicted octanol–water partition coefficient (Wildman–Crippen LogP) is 4.12. The molecule has 94 valence electrons. The lowest BCUT2D eigenvalue weighted by molar-refractivity contribution is 0.102. The zero-order chi connectivity index (χ0) is 13.1. The first-order chi connectivity index (χ1) is 8.56. The molecule has 0 radical (unpaired) electrons. The maximum Gasteiger partial charge on any atom is 0.257 e. The Morgan fingerprint density at radius 3 is 2.56 bits per heavy atom. The van der Waals surface area contributed by atoms with E-state index in [-0.39, 0.29) is 5.91 Å². The van der Waals surface area contributed by atoms with Crippen molar-refractivity contribution < 1.29 is 4.79 Å². The lowest BCUT2D eigenvalue weighted by Gasteiger charge is -2.02. The summed E-state index contributed by atoms with van der Waals surface area (Å²) in [7, 11) is 0. The third-order valence-electron chi connectivity index (χ3n) is 2.44. The Bertz CT molecular complexity index is 548. The van der Waals surface area contributed by atoms with Crippen molar-refractivity contribution in [2.45, 2.75) is 19.8 Å². The molecule has 1 N–H and O–H groups in total.